The van der Waals surface area contributed by atoms with E-state index >= 15 is 0 Å². The fourth-order valence-electron chi connectivity index (χ4n) is 2.46. The Morgan fingerprint density at radius 2 is 1.69 bits per heavy atom. The minimum atomic E-state index is -3.67. The summed E-state index contributed by atoms with van der Waals surface area (Å²) in [5, 5.41) is 0.0820. The van der Waals surface area contributed by atoms with Crippen molar-refractivity contribution in [1.82, 2.24) is 4.31 Å². The number of unbranched alkanes of at least 4 members (excludes halogenated alkanes) is 4. The molecule has 0 heterocycles. The average molecular weight is 438 g/mol. The number of nitrogens with zero attached hydrogens (tertiary/aromatic N) is 1. The smallest absolute Gasteiger partial charge is 0.271 e. The predicted octanol–water partition coefficient (Wildman–Crippen LogP) is 5.94. The van der Waals surface area contributed by atoms with Gasteiger partial charge in [0.1, 0.15) is 0 Å². The molecule has 0 saturated carbocycles. The Bertz CT molecular complexity index is 784. The first-order valence-electron chi connectivity index (χ1n) is 10.6. The molecule has 0 atom stereocenters. The van der Waals surface area contributed by atoms with Crippen molar-refractivity contribution in [3.63, 3.8) is 0 Å². The minimum Gasteiger partial charge on any atom is -0.415 e. The van der Waals surface area contributed by atoms with Gasteiger partial charge in [0.05, 0.1) is 18.0 Å². The van der Waals surface area contributed by atoms with Crippen LogP contribution in [0.15, 0.2) is 29.2 Å². The Morgan fingerprint density at radius 1 is 1.07 bits per heavy atom. The molecule has 4 nitrogen and oxygen atoms in total. The molecular weight excluding hydrogens is 398 g/mol. The molecule has 0 saturated heterocycles. The Hall–Kier alpha value is -1.29. The second-order valence-corrected chi connectivity index (χ2v) is 15.8. The largest absolute Gasteiger partial charge is 0.415 e. The second-order valence-electron chi connectivity index (χ2n) is 9.10. The van der Waals surface area contributed by atoms with Crippen molar-refractivity contribution in [1.29, 1.82) is 0 Å². The van der Waals surface area contributed by atoms with Gasteiger partial charge in [0.25, 0.3) is 10.0 Å². The SMILES string of the molecule is CCCCCCC#CN(CCO[Si](C)(C)C(C)(C)C)S(=O)(=O)c1ccc(C)cc1. The summed E-state index contributed by atoms with van der Waals surface area (Å²) in [4.78, 5) is 0.274. The number of hydrogen-bond acceptors (Lipinski definition) is 3. The molecule has 1 aromatic rings. The maximum atomic E-state index is 13.1. The lowest BCUT2D eigenvalue weighted by molar-refractivity contribution is 0.272. The first-order valence-corrected chi connectivity index (χ1v) is 15.0. The molecule has 0 amide bonds. The zero-order valence-corrected chi connectivity index (χ0v) is 21.2. The van der Waals surface area contributed by atoms with Crippen LogP contribution in [0, 0.1) is 18.9 Å². The van der Waals surface area contributed by atoms with E-state index in [-0.39, 0.29) is 16.5 Å². The van der Waals surface area contributed by atoms with E-state index in [1.54, 1.807) is 12.1 Å². The van der Waals surface area contributed by atoms with Gasteiger partial charge < -0.3 is 4.43 Å². The number of benzene rings is 1. The van der Waals surface area contributed by atoms with Crippen LogP contribution in [-0.2, 0) is 14.4 Å². The summed E-state index contributed by atoms with van der Waals surface area (Å²) in [6.45, 7) is 15.6. The van der Waals surface area contributed by atoms with Crippen molar-refractivity contribution < 1.29 is 12.8 Å². The predicted molar refractivity (Wildman–Crippen MR) is 125 cm³/mol. The zero-order chi connectivity index (χ0) is 22.1. The summed E-state index contributed by atoms with van der Waals surface area (Å²) < 4.78 is 33.8. The van der Waals surface area contributed by atoms with E-state index in [9.17, 15) is 8.42 Å². The normalized spacial score (nSPS) is 12.4. The molecule has 0 aromatic heterocycles. The molecule has 0 aliphatic heterocycles. The highest BCUT2D eigenvalue weighted by Gasteiger charge is 2.37. The molecule has 0 spiro atoms. The van der Waals surface area contributed by atoms with Crippen LogP contribution in [0.4, 0.5) is 0 Å². The first-order chi connectivity index (χ1) is 13.4. The maximum Gasteiger partial charge on any atom is 0.271 e. The number of hydrogen-bond donors (Lipinski definition) is 0. The zero-order valence-electron chi connectivity index (χ0n) is 19.3. The van der Waals surface area contributed by atoms with Crippen molar-refractivity contribution in [2.75, 3.05) is 13.2 Å². The van der Waals surface area contributed by atoms with Gasteiger partial charge in [-0.25, -0.2) is 12.7 Å². The average Bonchev–Trinajstić information content (AvgIpc) is 2.62. The summed E-state index contributed by atoms with van der Waals surface area (Å²) >= 11 is 0. The van der Waals surface area contributed by atoms with Gasteiger partial charge in [-0.05, 0) is 43.6 Å². The van der Waals surface area contributed by atoms with E-state index in [2.05, 4.69) is 52.8 Å². The second kappa shape index (κ2) is 11.2. The standard InChI is InChI=1S/C23H39NO3SSi/c1-8-9-10-11-12-13-18-24(19-20-27-29(6,7)23(3,4)5)28(25,26)22-16-14-21(2)15-17-22/h14-17H,8-12,19-20H2,1-7H3. The number of sulfonamides is 1. The van der Waals surface area contributed by atoms with Crippen molar-refractivity contribution in [3.8, 4) is 12.0 Å². The summed E-state index contributed by atoms with van der Waals surface area (Å²) in [7, 11) is -5.61. The highest BCUT2D eigenvalue weighted by molar-refractivity contribution is 7.89. The Morgan fingerprint density at radius 3 is 2.24 bits per heavy atom. The van der Waals surface area contributed by atoms with Crippen LogP contribution in [0.2, 0.25) is 18.1 Å². The van der Waals surface area contributed by atoms with Gasteiger partial charge in [-0.2, -0.15) is 0 Å². The van der Waals surface area contributed by atoms with Crippen LogP contribution >= 0.6 is 0 Å². The van der Waals surface area contributed by atoms with Gasteiger partial charge in [-0.1, -0.05) is 70.6 Å². The summed E-state index contributed by atoms with van der Waals surface area (Å²) in [6.07, 6.45) is 5.20. The fourth-order valence-corrected chi connectivity index (χ4v) is 4.73. The van der Waals surface area contributed by atoms with Gasteiger partial charge in [-0.3, -0.25) is 0 Å². The third-order valence-corrected chi connectivity index (χ3v) is 11.8. The fraction of sp³-hybridized carbons (Fsp3) is 0.652. The summed E-state index contributed by atoms with van der Waals surface area (Å²) in [5.74, 6) is 3.06. The monoisotopic (exact) mass is 437 g/mol. The first kappa shape index (κ1) is 25.7. The molecule has 6 heteroatoms. The third-order valence-electron chi connectivity index (χ3n) is 5.53. The van der Waals surface area contributed by atoms with Crippen LogP contribution in [0.25, 0.3) is 0 Å². The van der Waals surface area contributed by atoms with Gasteiger partial charge in [0, 0.05) is 12.5 Å². The molecule has 1 rings (SSSR count). The van der Waals surface area contributed by atoms with E-state index in [0.29, 0.717) is 13.0 Å². The molecule has 0 bridgehead atoms. The summed E-state index contributed by atoms with van der Waals surface area (Å²) in [6, 6.07) is 9.83. The van der Waals surface area contributed by atoms with Crippen LogP contribution in [0.1, 0.15) is 65.4 Å². The lowest BCUT2D eigenvalue weighted by Crippen LogP contribution is -2.43. The molecule has 0 unspecified atom stereocenters. The van der Waals surface area contributed by atoms with Crippen LogP contribution < -0.4 is 0 Å². The highest BCUT2D eigenvalue weighted by Crippen LogP contribution is 2.36. The van der Waals surface area contributed by atoms with Crippen LogP contribution in [0.5, 0.6) is 0 Å². The lowest BCUT2D eigenvalue weighted by atomic mass is 10.2. The van der Waals surface area contributed by atoms with Crippen molar-refractivity contribution in [2.24, 2.45) is 0 Å². The maximum absolute atomic E-state index is 13.1. The molecule has 164 valence electrons. The van der Waals surface area contributed by atoms with E-state index in [1.807, 2.05) is 19.1 Å². The van der Waals surface area contributed by atoms with Gasteiger partial charge in [0.15, 0.2) is 8.32 Å². The molecule has 0 N–H and O–H groups in total. The Labute approximate surface area is 180 Å². The van der Waals surface area contributed by atoms with Crippen molar-refractivity contribution >= 4 is 18.3 Å². The van der Waals surface area contributed by atoms with E-state index in [1.165, 1.54) is 17.1 Å². The van der Waals surface area contributed by atoms with E-state index in [4.69, 9.17) is 4.43 Å². The number of aryl methyl sites for hydroxylation is 1. The van der Waals surface area contributed by atoms with Gasteiger partial charge >= 0.3 is 0 Å². The third kappa shape index (κ3) is 8.16. The van der Waals surface area contributed by atoms with Crippen LogP contribution in [0.3, 0.4) is 0 Å². The molecule has 29 heavy (non-hydrogen) atoms. The Kier molecular flexibility index (Phi) is 9.94. The molecular formula is C23H39NO3SSi. The highest BCUT2D eigenvalue weighted by atomic mass is 32.2. The molecule has 0 radical (unpaired) electrons. The van der Waals surface area contributed by atoms with Crippen LogP contribution in [-0.4, -0.2) is 34.2 Å². The lowest BCUT2D eigenvalue weighted by Gasteiger charge is -2.36. The van der Waals surface area contributed by atoms with E-state index in [0.717, 1.165) is 18.4 Å². The quantitative estimate of drug-likeness (QED) is 0.197. The summed E-state index contributed by atoms with van der Waals surface area (Å²) in [5.41, 5.74) is 1.03. The van der Waals surface area contributed by atoms with Gasteiger partial charge in [-0.15, -0.1) is 0 Å². The molecule has 0 fully saturated rings. The molecule has 1 aromatic carbocycles. The number of rotatable bonds is 10. The Balaban J connectivity index is 2.94. The topological polar surface area (TPSA) is 46.6 Å². The minimum absolute atomic E-state index is 0.0820. The van der Waals surface area contributed by atoms with Crippen molar-refractivity contribution in [2.45, 2.75) is 89.8 Å². The molecule has 0 aliphatic carbocycles. The molecule has 0 aliphatic rings. The van der Waals surface area contributed by atoms with Gasteiger partial charge in [0.2, 0.25) is 0 Å². The van der Waals surface area contributed by atoms with E-state index < -0.39 is 18.3 Å². The van der Waals surface area contributed by atoms with Crippen molar-refractivity contribution in [3.05, 3.63) is 29.8 Å².